The summed E-state index contributed by atoms with van der Waals surface area (Å²) in [4.78, 5) is 11.6. The maximum atomic E-state index is 4.66. The molecule has 1 aliphatic heterocycles. The maximum Gasteiger partial charge on any atom is 0.191 e. The number of rotatable bonds is 6. The standard InChI is InChI=1S/C18H33N5S.HI/c1-13(2)16-12-24-17(22-16)10-21-18(19-5)20-9-15(4)23-8-6-7-14(3)11-23;/h12-15H,6-11H2,1-5H3,(H2,19,20,21);1H. The van der Waals surface area contributed by atoms with Crippen LogP contribution in [0.25, 0.3) is 0 Å². The quantitative estimate of drug-likeness (QED) is 0.372. The van der Waals surface area contributed by atoms with Gasteiger partial charge in [-0.15, -0.1) is 35.3 Å². The summed E-state index contributed by atoms with van der Waals surface area (Å²) in [5, 5.41) is 10.1. The molecule has 1 fully saturated rings. The van der Waals surface area contributed by atoms with Gasteiger partial charge in [-0.05, 0) is 38.1 Å². The Bertz CT molecular complexity index is 531. The van der Waals surface area contributed by atoms with E-state index in [1.807, 2.05) is 7.05 Å². The summed E-state index contributed by atoms with van der Waals surface area (Å²) < 4.78 is 0. The number of aliphatic imine (C=N–C) groups is 1. The maximum absolute atomic E-state index is 4.66. The Morgan fingerprint density at radius 2 is 2.16 bits per heavy atom. The first-order valence-electron chi connectivity index (χ1n) is 9.12. The van der Waals surface area contributed by atoms with Crippen LogP contribution in [0.5, 0.6) is 0 Å². The number of piperidine rings is 1. The molecule has 1 aliphatic rings. The molecule has 2 rings (SSSR count). The Hall–Kier alpha value is -0.410. The van der Waals surface area contributed by atoms with E-state index in [2.05, 4.69) is 58.6 Å². The zero-order valence-corrected chi connectivity index (χ0v) is 19.4. The van der Waals surface area contributed by atoms with E-state index >= 15 is 0 Å². The third kappa shape index (κ3) is 7.38. The number of nitrogens with zero attached hydrogens (tertiary/aromatic N) is 3. The monoisotopic (exact) mass is 479 g/mol. The Morgan fingerprint density at radius 3 is 2.76 bits per heavy atom. The molecule has 1 aromatic heterocycles. The highest BCUT2D eigenvalue weighted by atomic mass is 127. The van der Waals surface area contributed by atoms with Crippen LogP contribution in [-0.2, 0) is 6.54 Å². The smallest absolute Gasteiger partial charge is 0.191 e. The van der Waals surface area contributed by atoms with Gasteiger partial charge in [0.25, 0.3) is 0 Å². The van der Waals surface area contributed by atoms with Gasteiger partial charge in [-0.1, -0.05) is 20.8 Å². The minimum absolute atomic E-state index is 0. The average Bonchev–Trinajstić information content (AvgIpc) is 3.04. The van der Waals surface area contributed by atoms with Crippen LogP contribution in [-0.4, -0.2) is 48.6 Å². The minimum atomic E-state index is 0. The zero-order chi connectivity index (χ0) is 17.5. The molecule has 0 aliphatic carbocycles. The highest BCUT2D eigenvalue weighted by molar-refractivity contribution is 14.0. The summed E-state index contributed by atoms with van der Waals surface area (Å²) in [6.45, 7) is 13.1. The van der Waals surface area contributed by atoms with Crippen molar-refractivity contribution in [3.8, 4) is 0 Å². The van der Waals surface area contributed by atoms with E-state index in [-0.39, 0.29) is 24.0 Å². The molecular weight excluding hydrogens is 445 g/mol. The van der Waals surface area contributed by atoms with Crippen molar-refractivity contribution in [3.63, 3.8) is 0 Å². The zero-order valence-electron chi connectivity index (χ0n) is 16.2. The summed E-state index contributed by atoms with van der Waals surface area (Å²) in [5.74, 6) is 2.16. The second-order valence-corrected chi connectivity index (χ2v) is 8.16. The van der Waals surface area contributed by atoms with Crippen molar-refractivity contribution in [1.29, 1.82) is 0 Å². The summed E-state index contributed by atoms with van der Waals surface area (Å²) in [6, 6.07) is 0.527. The van der Waals surface area contributed by atoms with Crippen LogP contribution in [0, 0.1) is 5.92 Å². The molecule has 2 N–H and O–H groups in total. The van der Waals surface area contributed by atoms with Crippen LogP contribution in [0.1, 0.15) is 57.2 Å². The van der Waals surface area contributed by atoms with Gasteiger partial charge in [-0.3, -0.25) is 9.89 Å². The molecule has 2 heterocycles. The number of hydrogen-bond donors (Lipinski definition) is 2. The molecule has 0 aromatic carbocycles. The fraction of sp³-hybridized carbons (Fsp3) is 0.778. The highest BCUT2D eigenvalue weighted by Crippen LogP contribution is 2.18. The summed E-state index contributed by atoms with van der Waals surface area (Å²) in [6.07, 6.45) is 2.69. The Balaban J connectivity index is 0.00000312. The molecule has 2 atom stereocenters. The van der Waals surface area contributed by atoms with Gasteiger partial charge in [0.05, 0.1) is 12.2 Å². The third-order valence-corrected chi connectivity index (χ3v) is 5.54. The van der Waals surface area contributed by atoms with Crippen molar-refractivity contribution in [3.05, 3.63) is 16.1 Å². The molecule has 1 aromatic rings. The van der Waals surface area contributed by atoms with Gasteiger partial charge >= 0.3 is 0 Å². The lowest BCUT2D eigenvalue weighted by Crippen LogP contribution is -2.48. The lowest BCUT2D eigenvalue weighted by molar-refractivity contribution is 0.139. The molecule has 144 valence electrons. The fourth-order valence-corrected chi connectivity index (χ4v) is 3.95. The van der Waals surface area contributed by atoms with E-state index in [0.29, 0.717) is 12.0 Å². The largest absolute Gasteiger partial charge is 0.355 e. The molecule has 0 saturated carbocycles. The van der Waals surface area contributed by atoms with Gasteiger partial charge in [0, 0.05) is 31.6 Å². The van der Waals surface area contributed by atoms with E-state index in [1.54, 1.807) is 11.3 Å². The fourth-order valence-electron chi connectivity index (χ4n) is 3.05. The SMILES string of the molecule is CN=C(NCc1nc(C(C)C)cs1)NCC(C)N1CCCC(C)C1.I. The van der Waals surface area contributed by atoms with E-state index in [4.69, 9.17) is 0 Å². The molecule has 0 bridgehead atoms. The van der Waals surface area contributed by atoms with Crippen molar-refractivity contribution in [2.24, 2.45) is 10.9 Å². The first kappa shape index (κ1) is 22.6. The number of hydrogen-bond acceptors (Lipinski definition) is 4. The second kappa shape index (κ2) is 11.3. The molecule has 25 heavy (non-hydrogen) atoms. The van der Waals surface area contributed by atoms with Crippen LogP contribution in [0.4, 0.5) is 0 Å². The Morgan fingerprint density at radius 1 is 1.40 bits per heavy atom. The molecular formula is C18H34IN5S. The molecule has 7 heteroatoms. The molecule has 1 saturated heterocycles. The molecule has 0 amide bonds. The first-order chi connectivity index (χ1) is 11.5. The molecule has 0 spiro atoms. The predicted octanol–water partition coefficient (Wildman–Crippen LogP) is 3.67. The normalized spacial score (nSPS) is 20.2. The van der Waals surface area contributed by atoms with Crippen molar-refractivity contribution in [1.82, 2.24) is 20.5 Å². The van der Waals surface area contributed by atoms with Crippen LogP contribution in [0.2, 0.25) is 0 Å². The molecule has 2 unspecified atom stereocenters. The highest BCUT2D eigenvalue weighted by Gasteiger charge is 2.20. The molecule has 5 nitrogen and oxygen atoms in total. The van der Waals surface area contributed by atoms with E-state index in [1.165, 1.54) is 31.6 Å². The van der Waals surface area contributed by atoms with Crippen LogP contribution >= 0.6 is 35.3 Å². The topological polar surface area (TPSA) is 52.6 Å². The van der Waals surface area contributed by atoms with Gasteiger partial charge in [0.2, 0.25) is 0 Å². The predicted molar refractivity (Wildman–Crippen MR) is 119 cm³/mol. The van der Waals surface area contributed by atoms with Crippen molar-refractivity contribution < 1.29 is 0 Å². The number of guanidine groups is 1. The van der Waals surface area contributed by atoms with Gasteiger partial charge < -0.3 is 10.6 Å². The van der Waals surface area contributed by atoms with Crippen LogP contribution in [0.3, 0.4) is 0 Å². The number of likely N-dealkylation sites (tertiary alicyclic amines) is 1. The third-order valence-electron chi connectivity index (χ3n) is 4.67. The minimum Gasteiger partial charge on any atom is -0.355 e. The average molecular weight is 479 g/mol. The number of aromatic nitrogens is 1. The molecule has 0 radical (unpaired) electrons. The van der Waals surface area contributed by atoms with Crippen molar-refractivity contribution in [2.45, 2.75) is 59.0 Å². The van der Waals surface area contributed by atoms with Gasteiger partial charge in [0.1, 0.15) is 5.01 Å². The lowest BCUT2D eigenvalue weighted by Gasteiger charge is -2.35. The van der Waals surface area contributed by atoms with Gasteiger partial charge in [0.15, 0.2) is 5.96 Å². The van der Waals surface area contributed by atoms with Crippen molar-refractivity contribution >= 4 is 41.3 Å². The van der Waals surface area contributed by atoms with Crippen LogP contribution < -0.4 is 10.6 Å². The summed E-state index contributed by atoms with van der Waals surface area (Å²) >= 11 is 1.71. The van der Waals surface area contributed by atoms with Gasteiger partial charge in [-0.2, -0.15) is 0 Å². The summed E-state index contributed by atoms with van der Waals surface area (Å²) in [7, 11) is 1.82. The van der Waals surface area contributed by atoms with E-state index in [0.717, 1.165) is 30.0 Å². The van der Waals surface area contributed by atoms with E-state index < -0.39 is 0 Å². The lowest BCUT2D eigenvalue weighted by atomic mass is 9.99. The number of thiazole rings is 1. The van der Waals surface area contributed by atoms with Crippen molar-refractivity contribution in [2.75, 3.05) is 26.7 Å². The first-order valence-corrected chi connectivity index (χ1v) is 10.0. The van der Waals surface area contributed by atoms with E-state index in [9.17, 15) is 0 Å². The van der Waals surface area contributed by atoms with Gasteiger partial charge in [-0.25, -0.2) is 4.98 Å². The number of halogens is 1. The van der Waals surface area contributed by atoms with Crippen LogP contribution in [0.15, 0.2) is 10.4 Å². The summed E-state index contributed by atoms with van der Waals surface area (Å²) in [5.41, 5.74) is 1.17. The Kier molecular flexibility index (Phi) is 10.3. The second-order valence-electron chi connectivity index (χ2n) is 7.22. The Labute approximate surface area is 174 Å². The number of nitrogens with one attached hydrogen (secondary N) is 2.